The highest BCUT2D eigenvalue weighted by molar-refractivity contribution is 5.72. The quantitative estimate of drug-likeness (QED) is 0.516. The van der Waals surface area contributed by atoms with E-state index in [0.717, 1.165) is 12.8 Å². The van der Waals surface area contributed by atoms with Crippen molar-refractivity contribution in [3.8, 4) is 0 Å². The third-order valence-corrected chi connectivity index (χ3v) is 2.95. The van der Waals surface area contributed by atoms with Crippen molar-refractivity contribution in [2.75, 3.05) is 20.3 Å². The van der Waals surface area contributed by atoms with Crippen molar-refractivity contribution in [2.24, 2.45) is 0 Å². The second-order valence-corrected chi connectivity index (χ2v) is 4.60. The monoisotopic (exact) mass is 260 g/mol. The summed E-state index contributed by atoms with van der Waals surface area (Å²) in [6.45, 7) is 3.00. The molecule has 0 amide bonds. The first-order valence-corrected chi connectivity index (χ1v) is 7.05. The molecular formula is C14H28O4. The predicted octanol–water partition coefficient (Wildman–Crippen LogP) is 3.24. The van der Waals surface area contributed by atoms with Gasteiger partial charge in [0, 0.05) is 7.11 Å². The Kier molecular flexibility index (Phi) is 12.4. The zero-order valence-corrected chi connectivity index (χ0v) is 11.8. The van der Waals surface area contributed by atoms with Gasteiger partial charge in [0.15, 0.2) is 6.10 Å². The summed E-state index contributed by atoms with van der Waals surface area (Å²) < 4.78 is 10.1. The van der Waals surface area contributed by atoms with Crippen LogP contribution in [0.15, 0.2) is 0 Å². The first-order valence-electron chi connectivity index (χ1n) is 7.05. The van der Waals surface area contributed by atoms with E-state index in [0.29, 0.717) is 19.6 Å². The molecule has 1 atom stereocenters. The fraction of sp³-hybridized carbons (Fsp3) is 0.929. The molecule has 18 heavy (non-hydrogen) atoms. The summed E-state index contributed by atoms with van der Waals surface area (Å²) in [7, 11) is 1.58. The van der Waals surface area contributed by atoms with Crippen molar-refractivity contribution in [2.45, 2.75) is 64.4 Å². The van der Waals surface area contributed by atoms with E-state index in [1.807, 2.05) is 0 Å². The van der Waals surface area contributed by atoms with E-state index in [-0.39, 0.29) is 0 Å². The average Bonchev–Trinajstić information content (AvgIpc) is 2.35. The van der Waals surface area contributed by atoms with Crippen LogP contribution in [0.5, 0.6) is 0 Å². The van der Waals surface area contributed by atoms with Crippen LogP contribution in [0, 0.1) is 0 Å². The van der Waals surface area contributed by atoms with Gasteiger partial charge in [-0.1, -0.05) is 51.9 Å². The van der Waals surface area contributed by atoms with Crippen molar-refractivity contribution in [3.05, 3.63) is 0 Å². The molecule has 4 heteroatoms. The number of hydrogen-bond donors (Lipinski definition) is 1. The zero-order chi connectivity index (χ0) is 13.6. The number of methoxy groups -OCH3 is 1. The smallest absolute Gasteiger partial charge is 0.332 e. The highest BCUT2D eigenvalue weighted by Gasteiger charge is 2.16. The summed E-state index contributed by atoms with van der Waals surface area (Å²) in [5.41, 5.74) is 0. The molecule has 1 N–H and O–H groups in total. The van der Waals surface area contributed by atoms with E-state index in [2.05, 4.69) is 6.92 Å². The van der Waals surface area contributed by atoms with Crippen LogP contribution in [-0.2, 0) is 14.3 Å². The van der Waals surface area contributed by atoms with Crippen LogP contribution in [0.3, 0.4) is 0 Å². The number of ether oxygens (including phenoxy) is 2. The fourth-order valence-electron chi connectivity index (χ4n) is 1.84. The van der Waals surface area contributed by atoms with Gasteiger partial charge < -0.3 is 14.6 Å². The Morgan fingerprint density at radius 2 is 1.67 bits per heavy atom. The first-order chi connectivity index (χ1) is 8.72. The van der Waals surface area contributed by atoms with Gasteiger partial charge in [0.25, 0.3) is 0 Å². The van der Waals surface area contributed by atoms with Gasteiger partial charge in [0.2, 0.25) is 0 Å². The van der Waals surface area contributed by atoms with E-state index in [4.69, 9.17) is 14.6 Å². The standard InChI is InChI=1S/C14H28O4/c1-3-4-5-6-7-8-9-10-13(14(15)16)18-12-11-17-2/h13H,3-12H2,1-2H3,(H,15,16). The summed E-state index contributed by atoms with van der Waals surface area (Å²) >= 11 is 0. The van der Waals surface area contributed by atoms with E-state index in [9.17, 15) is 4.79 Å². The molecule has 0 bridgehead atoms. The Balaban J connectivity index is 3.49. The molecular weight excluding hydrogens is 232 g/mol. The van der Waals surface area contributed by atoms with Gasteiger partial charge in [0.05, 0.1) is 13.2 Å². The van der Waals surface area contributed by atoms with E-state index < -0.39 is 12.1 Å². The molecule has 0 rings (SSSR count). The Morgan fingerprint density at radius 1 is 1.06 bits per heavy atom. The summed E-state index contributed by atoms with van der Waals surface area (Å²) in [5, 5.41) is 8.98. The van der Waals surface area contributed by atoms with E-state index in [1.165, 1.54) is 32.1 Å². The summed E-state index contributed by atoms with van der Waals surface area (Å²) in [6, 6.07) is 0. The largest absolute Gasteiger partial charge is 0.479 e. The third-order valence-electron chi connectivity index (χ3n) is 2.95. The number of aliphatic carboxylic acids is 1. The SMILES string of the molecule is CCCCCCCCCC(OCCOC)C(=O)O. The van der Waals surface area contributed by atoms with Crippen molar-refractivity contribution in [1.29, 1.82) is 0 Å². The van der Waals surface area contributed by atoms with Gasteiger partial charge in [-0.25, -0.2) is 4.79 Å². The van der Waals surface area contributed by atoms with Crippen LogP contribution in [0.1, 0.15) is 58.3 Å². The summed E-state index contributed by atoms with van der Waals surface area (Å²) in [4.78, 5) is 10.9. The molecule has 0 aromatic carbocycles. The van der Waals surface area contributed by atoms with Gasteiger partial charge in [-0.3, -0.25) is 0 Å². The molecule has 0 aromatic rings. The second-order valence-electron chi connectivity index (χ2n) is 4.60. The number of carbonyl (C=O) groups is 1. The zero-order valence-electron chi connectivity index (χ0n) is 11.8. The highest BCUT2D eigenvalue weighted by Crippen LogP contribution is 2.11. The van der Waals surface area contributed by atoms with Crippen LogP contribution >= 0.6 is 0 Å². The van der Waals surface area contributed by atoms with Gasteiger partial charge in [-0.2, -0.15) is 0 Å². The fourth-order valence-corrected chi connectivity index (χ4v) is 1.84. The average molecular weight is 260 g/mol. The van der Waals surface area contributed by atoms with Gasteiger partial charge in [0.1, 0.15) is 0 Å². The van der Waals surface area contributed by atoms with E-state index in [1.54, 1.807) is 7.11 Å². The van der Waals surface area contributed by atoms with Gasteiger partial charge >= 0.3 is 5.97 Å². The van der Waals surface area contributed by atoms with Crippen molar-refractivity contribution >= 4 is 5.97 Å². The maximum atomic E-state index is 10.9. The predicted molar refractivity (Wildman–Crippen MR) is 71.9 cm³/mol. The van der Waals surface area contributed by atoms with Crippen LogP contribution in [0.2, 0.25) is 0 Å². The Bertz CT molecular complexity index is 194. The van der Waals surface area contributed by atoms with Crippen LogP contribution in [0.4, 0.5) is 0 Å². The summed E-state index contributed by atoms with van der Waals surface area (Å²) in [5.74, 6) is -0.864. The lowest BCUT2D eigenvalue weighted by atomic mass is 10.1. The minimum absolute atomic E-state index is 0.351. The van der Waals surface area contributed by atoms with Crippen LogP contribution < -0.4 is 0 Å². The molecule has 0 saturated heterocycles. The minimum Gasteiger partial charge on any atom is -0.479 e. The molecule has 0 aliphatic heterocycles. The normalized spacial score (nSPS) is 12.6. The molecule has 0 saturated carbocycles. The first kappa shape index (κ1) is 17.4. The van der Waals surface area contributed by atoms with Crippen LogP contribution in [0.25, 0.3) is 0 Å². The molecule has 4 nitrogen and oxygen atoms in total. The third kappa shape index (κ3) is 10.5. The molecule has 0 heterocycles. The lowest BCUT2D eigenvalue weighted by Gasteiger charge is -2.13. The number of carboxylic acids is 1. The Hall–Kier alpha value is -0.610. The number of hydrogen-bond acceptors (Lipinski definition) is 3. The lowest BCUT2D eigenvalue weighted by molar-refractivity contribution is -0.151. The Morgan fingerprint density at radius 3 is 2.22 bits per heavy atom. The van der Waals surface area contributed by atoms with Crippen molar-refractivity contribution in [1.82, 2.24) is 0 Å². The molecule has 1 unspecified atom stereocenters. The molecule has 0 aromatic heterocycles. The van der Waals surface area contributed by atoms with Crippen molar-refractivity contribution < 1.29 is 19.4 Å². The summed E-state index contributed by atoms with van der Waals surface area (Å²) in [6.07, 6.45) is 8.27. The van der Waals surface area contributed by atoms with Crippen LogP contribution in [-0.4, -0.2) is 37.5 Å². The molecule has 0 radical (unpaired) electrons. The number of carboxylic acid groups (broad SMARTS) is 1. The maximum absolute atomic E-state index is 10.9. The molecule has 0 aliphatic carbocycles. The maximum Gasteiger partial charge on any atom is 0.332 e. The van der Waals surface area contributed by atoms with Gasteiger partial charge in [-0.05, 0) is 6.42 Å². The molecule has 0 fully saturated rings. The topological polar surface area (TPSA) is 55.8 Å². The second kappa shape index (κ2) is 12.8. The number of unbranched alkanes of at least 4 members (excludes halogenated alkanes) is 6. The highest BCUT2D eigenvalue weighted by atomic mass is 16.5. The molecule has 0 spiro atoms. The van der Waals surface area contributed by atoms with Gasteiger partial charge in [-0.15, -0.1) is 0 Å². The van der Waals surface area contributed by atoms with E-state index >= 15 is 0 Å². The Labute approximate surface area is 111 Å². The molecule has 0 aliphatic rings. The van der Waals surface area contributed by atoms with Crippen molar-refractivity contribution in [3.63, 3.8) is 0 Å². The number of rotatable bonds is 13. The lowest BCUT2D eigenvalue weighted by Crippen LogP contribution is -2.25. The molecule has 108 valence electrons. The minimum atomic E-state index is -0.864.